The Morgan fingerprint density at radius 3 is 2.71 bits per heavy atom. The second kappa shape index (κ2) is 5.01. The Bertz CT molecular complexity index is 521. The molecule has 1 aromatic heterocycles. The number of nitrogens with one attached hydrogen (secondary N) is 1. The molecule has 0 bridgehead atoms. The number of nitrogens with two attached hydrogens (primary N) is 1. The van der Waals surface area contributed by atoms with Crippen LogP contribution in [-0.2, 0) is 5.75 Å². The molecule has 0 aliphatic rings. The molecule has 88 valence electrons. The number of rotatable bonds is 3. The van der Waals surface area contributed by atoms with Gasteiger partial charge in [-0.05, 0) is 19.1 Å². The highest BCUT2D eigenvalue weighted by Crippen LogP contribution is 2.20. The first-order chi connectivity index (χ1) is 8.15. The molecule has 0 spiro atoms. The van der Waals surface area contributed by atoms with E-state index in [0.29, 0.717) is 17.5 Å². The maximum absolute atomic E-state index is 7.09. The fourth-order valence-electron chi connectivity index (χ4n) is 1.26. The van der Waals surface area contributed by atoms with Crippen molar-refractivity contribution in [1.29, 1.82) is 5.41 Å². The Labute approximate surface area is 103 Å². The number of hydrogen-bond donors (Lipinski definition) is 2. The fraction of sp³-hybridized carbons (Fsp3) is 0.182. The topological polar surface area (TPSA) is 88.8 Å². The van der Waals surface area contributed by atoms with Crippen molar-refractivity contribution in [1.82, 2.24) is 10.2 Å². The van der Waals surface area contributed by atoms with Crippen molar-refractivity contribution in [2.75, 3.05) is 0 Å². The highest BCUT2D eigenvalue weighted by atomic mass is 32.2. The van der Waals surface area contributed by atoms with Crippen molar-refractivity contribution in [3.05, 3.63) is 35.7 Å². The summed E-state index contributed by atoms with van der Waals surface area (Å²) in [5.74, 6) is 1.39. The first-order valence-corrected chi connectivity index (χ1v) is 6.00. The number of benzene rings is 1. The third kappa shape index (κ3) is 3.07. The number of amidine groups is 1. The summed E-state index contributed by atoms with van der Waals surface area (Å²) in [6, 6.07) is 7.85. The molecule has 0 amide bonds. The molecule has 17 heavy (non-hydrogen) atoms. The zero-order valence-electron chi connectivity index (χ0n) is 9.30. The molecule has 0 radical (unpaired) electrons. The van der Waals surface area contributed by atoms with Gasteiger partial charge in [-0.25, -0.2) is 0 Å². The van der Waals surface area contributed by atoms with Crippen LogP contribution in [0.25, 0.3) is 11.5 Å². The molecule has 5 nitrogen and oxygen atoms in total. The van der Waals surface area contributed by atoms with Gasteiger partial charge in [0.05, 0.1) is 5.75 Å². The van der Waals surface area contributed by atoms with Crippen molar-refractivity contribution in [2.24, 2.45) is 5.73 Å². The SMILES string of the molecule is Cc1ccc(-c2nnc(CSC(=N)N)o2)cc1. The van der Waals surface area contributed by atoms with Crippen LogP contribution in [0.15, 0.2) is 28.7 Å². The molecule has 6 heteroatoms. The first kappa shape index (κ1) is 11.7. The Morgan fingerprint density at radius 2 is 2.06 bits per heavy atom. The highest BCUT2D eigenvalue weighted by molar-refractivity contribution is 8.12. The Kier molecular flexibility index (Phi) is 3.43. The summed E-state index contributed by atoms with van der Waals surface area (Å²) >= 11 is 1.16. The predicted molar refractivity (Wildman–Crippen MR) is 67.7 cm³/mol. The van der Waals surface area contributed by atoms with Crippen LogP contribution in [0.5, 0.6) is 0 Å². The van der Waals surface area contributed by atoms with E-state index < -0.39 is 0 Å². The van der Waals surface area contributed by atoms with E-state index in [1.165, 1.54) is 5.56 Å². The smallest absolute Gasteiger partial charge is 0.247 e. The Morgan fingerprint density at radius 1 is 1.35 bits per heavy atom. The Balaban J connectivity index is 2.12. The number of aryl methyl sites for hydroxylation is 1. The number of hydrogen-bond acceptors (Lipinski definition) is 5. The van der Waals surface area contributed by atoms with E-state index in [1.54, 1.807) is 0 Å². The molecule has 1 aromatic carbocycles. The van der Waals surface area contributed by atoms with Crippen LogP contribution in [0.4, 0.5) is 0 Å². The summed E-state index contributed by atoms with van der Waals surface area (Å²) in [7, 11) is 0. The maximum atomic E-state index is 7.09. The van der Waals surface area contributed by atoms with E-state index in [2.05, 4.69) is 10.2 Å². The van der Waals surface area contributed by atoms with Crippen molar-refractivity contribution >= 4 is 16.9 Å². The third-order valence-corrected chi connectivity index (χ3v) is 2.82. The van der Waals surface area contributed by atoms with Crippen LogP contribution in [0.2, 0.25) is 0 Å². The molecule has 2 rings (SSSR count). The van der Waals surface area contributed by atoms with Gasteiger partial charge in [-0.1, -0.05) is 29.5 Å². The lowest BCUT2D eigenvalue weighted by Crippen LogP contribution is -2.03. The zero-order chi connectivity index (χ0) is 12.3. The minimum atomic E-state index is 0.0417. The standard InChI is InChI=1S/C11H12N4OS/c1-7-2-4-8(5-3-7)10-15-14-9(16-10)6-17-11(12)13/h2-5H,6H2,1H3,(H3,12,13). The summed E-state index contributed by atoms with van der Waals surface area (Å²) in [5, 5.41) is 15.0. The number of thioether (sulfide) groups is 1. The lowest BCUT2D eigenvalue weighted by atomic mass is 10.1. The van der Waals surface area contributed by atoms with Crippen LogP contribution in [0.1, 0.15) is 11.5 Å². The minimum absolute atomic E-state index is 0.0417. The van der Waals surface area contributed by atoms with Gasteiger partial charge in [0.2, 0.25) is 11.8 Å². The van der Waals surface area contributed by atoms with Gasteiger partial charge in [0.1, 0.15) is 0 Å². The zero-order valence-corrected chi connectivity index (χ0v) is 10.1. The molecular weight excluding hydrogens is 236 g/mol. The summed E-state index contributed by atoms with van der Waals surface area (Å²) < 4.78 is 5.46. The van der Waals surface area contributed by atoms with Crippen LogP contribution in [0, 0.1) is 12.3 Å². The van der Waals surface area contributed by atoms with Gasteiger partial charge in [-0.3, -0.25) is 5.41 Å². The van der Waals surface area contributed by atoms with Crippen molar-refractivity contribution in [3.63, 3.8) is 0 Å². The van der Waals surface area contributed by atoms with Crippen LogP contribution in [-0.4, -0.2) is 15.4 Å². The van der Waals surface area contributed by atoms with Crippen molar-refractivity contribution < 1.29 is 4.42 Å². The van der Waals surface area contributed by atoms with Gasteiger partial charge in [-0.15, -0.1) is 10.2 Å². The number of aromatic nitrogens is 2. The van der Waals surface area contributed by atoms with Crippen LogP contribution in [0.3, 0.4) is 0 Å². The van der Waals surface area contributed by atoms with E-state index in [1.807, 2.05) is 31.2 Å². The predicted octanol–water partition coefficient (Wildman–Crippen LogP) is 2.17. The first-order valence-electron chi connectivity index (χ1n) is 5.01. The highest BCUT2D eigenvalue weighted by Gasteiger charge is 2.08. The quantitative estimate of drug-likeness (QED) is 0.642. The molecule has 0 saturated heterocycles. The molecule has 0 unspecified atom stereocenters. The second-order valence-electron chi connectivity index (χ2n) is 3.52. The van der Waals surface area contributed by atoms with Crippen molar-refractivity contribution in [3.8, 4) is 11.5 Å². The van der Waals surface area contributed by atoms with Gasteiger partial charge in [0, 0.05) is 5.56 Å². The average molecular weight is 248 g/mol. The molecule has 0 saturated carbocycles. The van der Waals surface area contributed by atoms with Gasteiger partial charge in [0.25, 0.3) is 0 Å². The normalized spacial score (nSPS) is 10.4. The summed E-state index contributed by atoms with van der Waals surface area (Å²) in [6.07, 6.45) is 0. The lowest BCUT2D eigenvalue weighted by molar-refractivity contribution is 0.529. The molecule has 0 aliphatic carbocycles. The lowest BCUT2D eigenvalue weighted by Gasteiger charge is -1.95. The second-order valence-corrected chi connectivity index (χ2v) is 4.54. The average Bonchev–Trinajstić information content (AvgIpc) is 2.76. The summed E-state index contributed by atoms with van der Waals surface area (Å²) in [6.45, 7) is 2.02. The summed E-state index contributed by atoms with van der Waals surface area (Å²) in [4.78, 5) is 0. The van der Waals surface area contributed by atoms with Gasteiger partial charge in [-0.2, -0.15) is 0 Å². The Hall–Kier alpha value is -1.82. The van der Waals surface area contributed by atoms with Crippen molar-refractivity contribution in [2.45, 2.75) is 12.7 Å². The van der Waals surface area contributed by atoms with E-state index in [-0.39, 0.29) is 5.17 Å². The van der Waals surface area contributed by atoms with E-state index in [4.69, 9.17) is 15.6 Å². The maximum Gasteiger partial charge on any atom is 0.247 e. The molecule has 0 atom stereocenters. The third-order valence-electron chi connectivity index (χ3n) is 2.12. The van der Waals surface area contributed by atoms with Crippen LogP contribution < -0.4 is 5.73 Å². The van der Waals surface area contributed by atoms with Gasteiger partial charge >= 0.3 is 0 Å². The number of nitrogens with zero attached hydrogens (tertiary/aromatic N) is 2. The molecule has 2 aromatic rings. The molecule has 3 N–H and O–H groups in total. The van der Waals surface area contributed by atoms with E-state index in [9.17, 15) is 0 Å². The van der Waals surface area contributed by atoms with Gasteiger partial charge < -0.3 is 10.2 Å². The molecular formula is C11H12N4OS. The molecule has 0 fully saturated rings. The van der Waals surface area contributed by atoms with E-state index >= 15 is 0 Å². The fourth-order valence-corrected chi connectivity index (χ4v) is 1.66. The molecule has 1 heterocycles. The summed E-state index contributed by atoms with van der Waals surface area (Å²) in [5.41, 5.74) is 7.30. The van der Waals surface area contributed by atoms with Crippen LogP contribution >= 0.6 is 11.8 Å². The minimum Gasteiger partial charge on any atom is -0.420 e. The van der Waals surface area contributed by atoms with Gasteiger partial charge in [0.15, 0.2) is 5.17 Å². The monoisotopic (exact) mass is 248 g/mol. The molecule has 0 aliphatic heterocycles. The largest absolute Gasteiger partial charge is 0.420 e. The van der Waals surface area contributed by atoms with E-state index in [0.717, 1.165) is 17.3 Å².